The average molecular weight is 298 g/mol. The Hall–Kier alpha value is -0.100. The van der Waals surface area contributed by atoms with Crippen LogP contribution < -0.4 is 5.32 Å². The van der Waals surface area contributed by atoms with Gasteiger partial charge >= 0.3 is 0 Å². The third-order valence-electron chi connectivity index (χ3n) is 4.05. The Morgan fingerprint density at radius 2 is 2.26 bits per heavy atom. The molecular weight excluding hydrogens is 276 g/mol. The second kappa shape index (κ2) is 5.72. The summed E-state index contributed by atoms with van der Waals surface area (Å²) in [6.07, 6.45) is 5.87. The summed E-state index contributed by atoms with van der Waals surface area (Å²) >= 11 is 3.71. The van der Waals surface area contributed by atoms with Gasteiger partial charge in [-0.2, -0.15) is 11.8 Å². The third kappa shape index (κ3) is 3.15. The molecule has 2 unspecified atom stereocenters. The van der Waals surface area contributed by atoms with Crippen LogP contribution in [0.15, 0.2) is 0 Å². The van der Waals surface area contributed by atoms with Crippen molar-refractivity contribution in [1.82, 2.24) is 10.3 Å². The van der Waals surface area contributed by atoms with Crippen molar-refractivity contribution in [1.29, 1.82) is 0 Å². The fourth-order valence-corrected chi connectivity index (χ4v) is 5.20. The summed E-state index contributed by atoms with van der Waals surface area (Å²) in [4.78, 5) is 6.28. The zero-order valence-corrected chi connectivity index (χ0v) is 13.1. The SMILES string of the molecule is CC(NCC1(O)CCSC1)c1nc2c(s1)CCCC2. The molecule has 2 heterocycles. The fraction of sp³-hybridized carbons (Fsp3) is 0.786. The normalized spacial score (nSPS) is 28.3. The van der Waals surface area contributed by atoms with Gasteiger partial charge in [0, 0.05) is 17.2 Å². The molecular formula is C14H22N2OS2. The molecule has 0 spiro atoms. The third-order valence-corrected chi connectivity index (χ3v) is 6.63. The van der Waals surface area contributed by atoms with E-state index in [0.717, 1.165) is 24.3 Å². The summed E-state index contributed by atoms with van der Waals surface area (Å²) in [6, 6.07) is 0.255. The van der Waals surface area contributed by atoms with Gasteiger partial charge in [0.15, 0.2) is 0 Å². The van der Waals surface area contributed by atoms with Gasteiger partial charge in [-0.05, 0) is 44.8 Å². The molecule has 0 saturated carbocycles. The van der Waals surface area contributed by atoms with Crippen LogP contribution in [0.1, 0.15) is 47.8 Å². The molecule has 0 aromatic carbocycles. The van der Waals surface area contributed by atoms with Crippen LogP contribution in [-0.4, -0.2) is 33.7 Å². The maximum absolute atomic E-state index is 10.3. The highest BCUT2D eigenvalue weighted by atomic mass is 32.2. The molecule has 106 valence electrons. The molecule has 1 aliphatic carbocycles. The van der Waals surface area contributed by atoms with E-state index in [9.17, 15) is 5.11 Å². The first-order chi connectivity index (χ1) is 9.16. The zero-order chi connectivity index (χ0) is 13.3. The van der Waals surface area contributed by atoms with Crippen LogP contribution in [0.5, 0.6) is 0 Å². The number of aryl methyl sites for hydroxylation is 2. The average Bonchev–Trinajstić information content (AvgIpc) is 3.02. The van der Waals surface area contributed by atoms with Crippen LogP contribution in [-0.2, 0) is 12.8 Å². The highest BCUT2D eigenvalue weighted by molar-refractivity contribution is 7.99. The monoisotopic (exact) mass is 298 g/mol. The van der Waals surface area contributed by atoms with E-state index >= 15 is 0 Å². The molecule has 1 saturated heterocycles. The van der Waals surface area contributed by atoms with E-state index in [0.29, 0.717) is 6.54 Å². The van der Waals surface area contributed by atoms with Crippen LogP contribution in [0.2, 0.25) is 0 Å². The first kappa shape index (κ1) is 13.9. The van der Waals surface area contributed by atoms with Gasteiger partial charge in [-0.3, -0.25) is 0 Å². The molecule has 2 atom stereocenters. The minimum atomic E-state index is -0.504. The van der Waals surface area contributed by atoms with Gasteiger partial charge in [0.05, 0.1) is 17.3 Å². The van der Waals surface area contributed by atoms with Gasteiger partial charge < -0.3 is 10.4 Å². The lowest BCUT2D eigenvalue weighted by molar-refractivity contribution is 0.0651. The lowest BCUT2D eigenvalue weighted by Crippen LogP contribution is -2.41. The Bertz CT molecular complexity index is 417. The molecule has 1 aromatic rings. The summed E-state index contributed by atoms with van der Waals surface area (Å²) in [5.41, 5.74) is 0.825. The maximum atomic E-state index is 10.3. The highest BCUT2D eigenvalue weighted by Crippen LogP contribution is 2.31. The molecule has 19 heavy (non-hydrogen) atoms. The molecule has 0 bridgehead atoms. The van der Waals surface area contributed by atoms with E-state index in [2.05, 4.69) is 12.2 Å². The number of aliphatic hydroxyl groups is 1. The van der Waals surface area contributed by atoms with E-state index in [1.54, 1.807) is 0 Å². The van der Waals surface area contributed by atoms with Crippen molar-refractivity contribution >= 4 is 23.1 Å². The van der Waals surface area contributed by atoms with E-state index < -0.39 is 5.60 Å². The van der Waals surface area contributed by atoms with Gasteiger partial charge in [0.25, 0.3) is 0 Å². The predicted octanol–water partition coefficient (Wildman–Crippen LogP) is 2.54. The lowest BCUT2D eigenvalue weighted by Gasteiger charge is -2.23. The number of rotatable bonds is 4. The number of thiazole rings is 1. The van der Waals surface area contributed by atoms with E-state index in [1.165, 1.54) is 34.8 Å². The van der Waals surface area contributed by atoms with Crippen LogP contribution in [0.25, 0.3) is 0 Å². The number of fused-ring (bicyclic) bond motifs is 1. The van der Waals surface area contributed by atoms with Gasteiger partial charge in [0.2, 0.25) is 0 Å². The first-order valence-electron chi connectivity index (χ1n) is 7.18. The smallest absolute Gasteiger partial charge is 0.110 e. The maximum Gasteiger partial charge on any atom is 0.110 e. The van der Waals surface area contributed by atoms with Crippen molar-refractivity contribution in [3.05, 3.63) is 15.6 Å². The van der Waals surface area contributed by atoms with E-state index in [-0.39, 0.29) is 6.04 Å². The molecule has 1 aliphatic heterocycles. The summed E-state index contributed by atoms with van der Waals surface area (Å²) in [7, 11) is 0. The van der Waals surface area contributed by atoms with Crippen LogP contribution in [0.3, 0.4) is 0 Å². The number of hydrogen-bond acceptors (Lipinski definition) is 5. The van der Waals surface area contributed by atoms with Gasteiger partial charge in [-0.25, -0.2) is 4.98 Å². The molecule has 1 fully saturated rings. The Morgan fingerprint density at radius 3 is 3.00 bits per heavy atom. The minimum absolute atomic E-state index is 0.255. The van der Waals surface area contributed by atoms with Gasteiger partial charge in [-0.15, -0.1) is 11.3 Å². The van der Waals surface area contributed by atoms with Crippen molar-refractivity contribution in [3.63, 3.8) is 0 Å². The van der Waals surface area contributed by atoms with Crippen molar-refractivity contribution in [2.24, 2.45) is 0 Å². The Balaban J connectivity index is 1.60. The summed E-state index contributed by atoms with van der Waals surface area (Å²) in [5, 5.41) is 15.0. The minimum Gasteiger partial charge on any atom is -0.388 e. The number of hydrogen-bond donors (Lipinski definition) is 2. The van der Waals surface area contributed by atoms with Crippen LogP contribution in [0.4, 0.5) is 0 Å². The van der Waals surface area contributed by atoms with Crippen molar-refractivity contribution < 1.29 is 5.11 Å². The molecule has 3 nitrogen and oxygen atoms in total. The summed E-state index contributed by atoms with van der Waals surface area (Å²) < 4.78 is 0. The molecule has 2 aliphatic rings. The van der Waals surface area contributed by atoms with Gasteiger partial charge in [-0.1, -0.05) is 0 Å². The number of thioether (sulfide) groups is 1. The first-order valence-corrected chi connectivity index (χ1v) is 9.15. The summed E-state index contributed by atoms with van der Waals surface area (Å²) in [5.74, 6) is 1.94. The Labute approximate surface area is 123 Å². The topological polar surface area (TPSA) is 45.1 Å². The molecule has 1 aromatic heterocycles. The number of nitrogens with one attached hydrogen (secondary N) is 1. The van der Waals surface area contributed by atoms with Crippen LogP contribution >= 0.6 is 23.1 Å². The summed E-state index contributed by atoms with van der Waals surface area (Å²) in [6.45, 7) is 2.85. The molecule has 3 rings (SSSR count). The fourth-order valence-electron chi connectivity index (χ4n) is 2.72. The Morgan fingerprint density at radius 1 is 1.42 bits per heavy atom. The quantitative estimate of drug-likeness (QED) is 0.897. The molecule has 5 heteroatoms. The van der Waals surface area contributed by atoms with E-state index in [4.69, 9.17) is 4.98 Å². The van der Waals surface area contributed by atoms with Crippen molar-refractivity contribution in [2.75, 3.05) is 18.1 Å². The standard InChI is InChI=1S/C14H22N2OS2/c1-10(15-8-14(17)6-7-18-9-14)13-16-11-4-2-3-5-12(11)19-13/h10,15,17H,2-9H2,1H3. The van der Waals surface area contributed by atoms with Gasteiger partial charge in [0.1, 0.15) is 5.01 Å². The Kier molecular flexibility index (Phi) is 4.17. The van der Waals surface area contributed by atoms with Crippen LogP contribution in [0, 0.1) is 0 Å². The lowest BCUT2D eigenvalue weighted by atomic mass is 10.0. The van der Waals surface area contributed by atoms with Crippen molar-refractivity contribution in [2.45, 2.75) is 50.7 Å². The molecule has 0 amide bonds. The molecule has 0 radical (unpaired) electrons. The van der Waals surface area contributed by atoms with Crippen molar-refractivity contribution in [3.8, 4) is 0 Å². The number of nitrogens with zero attached hydrogens (tertiary/aromatic N) is 1. The predicted molar refractivity (Wildman–Crippen MR) is 82.1 cm³/mol. The molecule has 2 N–H and O–H groups in total. The number of aromatic nitrogens is 1. The second-order valence-corrected chi connectivity index (χ2v) is 7.98. The zero-order valence-electron chi connectivity index (χ0n) is 11.4. The largest absolute Gasteiger partial charge is 0.388 e. The van der Waals surface area contributed by atoms with E-state index in [1.807, 2.05) is 23.1 Å². The highest BCUT2D eigenvalue weighted by Gasteiger charge is 2.32. The second-order valence-electron chi connectivity index (χ2n) is 5.76.